The molecule has 0 spiro atoms. The summed E-state index contributed by atoms with van der Waals surface area (Å²) < 4.78 is 2.00. The topological polar surface area (TPSA) is 86.2 Å². The highest BCUT2D eigenvalue weighted by atomic mass is 32.2. The van der Waals surface area contributed by atoms with Crippen molar-refractivity contribution in [1.82, 2.24) is 14.9 Å². The average molecular weight is 351 g/mol. The van der Waals surface area contributed by atoms with Gasteiger partial charge in [-0.2, -0.15) is 5.26 Å². The maximum Gasteiger partial charge on any atom is 0.183 e. The van der Waals surface area contributed by atoms with E-state index in [1.54, 1.807) is 0 Å². The van der Waals surface area contributed by atoms with Gasteiger partial charge in [0.1, 0.15) is 5.82 Å². The lowest BCUT2D eigenvalue weighted by atomic mass is 10.2. The summed E-state index contributed by atoms with van der Waals surface area (Å²) in [5.74, 6) is 0.811. The first-order valence-corrected chi connectivity index (χ1v) is 8.93. The molecule has 6 nitrogen and oxygen atoms in total. The molecule has 0 aliphatic carbocycles. The quantitative estimate of drug-likeness (QED) is 0.326. The van der Waals surface area contributed by atoms with Crippen LogP contribution in [-0.2, 0) is 6.54 Å². The van der Waals surface area contributed by atoms with Gasteiger partial charge in [-0.05, 0) is 24.5 Å². The first kappa shape index (κ1) is 17.0. The van der Waals surface area contributed by atoms with E-state index >= 15 is 0 Å². The highest BCUT2D eigenvalue weighted by molar-refractivity contribution is 8.13. The molecule has 3 rings (SSSR count). The number of fused-ring (bicyclic) bond motifs is 1. The van der Waals surface area contributed by atoms with Crippen molar-refractivity contribution in [2.45, 2.75) is 6.54 Å². The molecule has 0 aliphatic rings. The Hall–Kier alpha value is -2.82. The third-order valence-electron chi connectivity index (χ3n) is 3.67. The molecule has 0 aliphatic heterocycles. The molecule has 2 aromatic carbocycles. The van der Waals surface area contributed by atoms with Crippen LogP contribution in [0.5, 0.6) is 0 Å². The van der Waals surface area contributed by atoms with Crippen molar-refractivity contribution >= 4 is 33.7 Å². The Balaban J connectivity index is 2.11. The van der Waals surface area contributed by atoms with E-state index in [-0.39, 0.29) is 6.61 Å². The molecule has 0 fully saturated rings. The first-order chi connectivity index (χ1) is 12.3. The Morgan fingerprint density at radius 1 is 1.32 bits per heavy atom. The molecule has 1 aromatic heterocycles. The van der Waals surface area contributed by atoms with E-state index in [0.717, 1.165) is 22.4 Å². The first-order valence-electron chi connectivity index (χ1n) is 7.71. The smallest absolute Gasteiger partial charge is 0.183 e. The molecule has 0 amide bonds. The van der Waals surface area contributed by atoms with Gasteiger partial charge in [0.2, 0.25) is 0 Å². The van der Waals surface area contributed by atoms with E-state index in [1.807, 2.05) is 65.5 Å². The minimum Gasteiger partial charge on any atom is -0.395 e. The maximum atomic E-state index is 9.42. The van der Waals surface area contributed by atoms with Crippen LogP contribution in [0.15, 0.2) is 53.5 Å². The minimum atomic E-state index is 0.0356. The Kier molecular flexibility index (Phi) is 5.33. The number of aliphatic hydroxyl groups excluding tert-OH is 1. The van der Waals surface area contributed by atoms with Crippen LogP contribution in [0.1, 0.15) is 0 Å². The van der Waals surface area contributed by atoms with Crippen LogP contribution >= 0.6 is 11.8 Å². The molecule has 0 bridgehead atoms. The maximum absolute atomic E-state index is 9.42. The Labute approximate surface area is 149 Å². The summed E-state index contributed by atoms with van der Waals surface area (Å²) in [5, 5.41) is 21.2. The van der Waals surface area contributed by atoms with Gasteiger partial charge in [-0.1, -0.05) is 42.1 Å². The van der Waals surface area contributed by atoms with Gasteiger partial charge in [0.15, 0.2) is 11.4 Å². The summed E-state index contributed by atoms with van der Waals surface area (Å²) in [6.07, 6.45) is 3.73. The lowest BCUT2D eigenvalue weighted by Gasteiger charge is -2.07. The second-order valence-electron chi connectivity index (χ2n) is 5.21. The van der Waals surface area contributed by atoms with E-state index in [9.17, 15) is 5.11 Å². The normalized spacial score (nSPS) is 11.5. The largest absolute Gasteiger partial charge is 0.395 e. The molecule has 0 atom stereocenters. The summed E-state index contributed by atoms with van der Waals surface area (Å²) in [6, 6.07) is 15.6. The van der Waals surface area contributed by atoms with E-state index < -0.39 is 0 Å². The second-order valence-corrected chi connectivity index (χ2v) is 6.00. The van der Waals surface area contributed by atoms with Crippen LogP contribution < -0.4 is 5.32 Å². The fraction of sp³-hybridized carbons (Fsp3) is 0.167. The van der Waals surface area contributed by atoms with Crippen molar-refractivity contribution < 1.29 is 5.11 Å². The van der Waals surface area contributed by atoms with Gasteiger partial charge in [-0.15, -0.1) is 0 Å². The fourth-order valence-electron chi connectivity index (χ4n) is 2.61. The van der Waals surface area contributed by atoms with Crippen LogP contribution in [-0.4, -0.2) is 32.7 Å². The van der Waals surface area contributed by atoms with Gasteiger partial charge in [-0.25, -0.2) is 9.98 Å². The second kappa shape index (κ2) is 7.83. The van der Waals surface area contributed by atoms with Crippen molar-refractivity contribution in [2.24, 2.45) is 4.99 Å². The Morgan fingerprint density at radius 3 is 2.80 bits per heavy atom. The van der Waals surface area contributed by atoms with E-state index in [1.165, 1.54) is 11.8 Å². The zero-order valence-electron chi connectivity index (χ0n) is 13.7. The van der Waals surface area contributed by atoms with Gasteiger partial charge in [0, 0.05) is 12.1 Å². The molecule has 1 heterocycles. The highest BCUT2D eigenvalue weighted by Crippen LogP contribution is 2.27. The minimum absolute atomic E-state index is 0.0356. The van der Waals surface area contributed by atoms with Gasteiger partial charge in [-0.3, -0.25) is 5.32 Å². The van der Waals surface area contributed by atoms with Gasteiger partial charge < -0.3 is 9.67 Å². The zero-order chi connectivity index (χ0) is 17.6. The third-order valence-corrected chi connectivity index (χ3v) is 4.25. The number of rotatable bonds is 4. The number of nitrogens with zero attached hydrogens (tertiary/aromatic N) is 4. The summed E-state index contributed by atoms with van der Waals surface area (Å²) in [6.45, 7) is 0.503. The molecule has 3 aromatic rings. The van der Waals surface area contributed by atoms with E-state index in [2.05, 4.69) is 10.3 Å². The Morgan fingerprint density at radius 2 is 2.12 bits per heavy atom. The number of aromatic nitrogens is 2. The monoisotopic (exact) mass is 351 g/mol. The molecular formula is C18H17N5OS. The highest BCUT2D eigenvalue weighted by Gasteiger charge is 2.12. The van der Waals surface area contributed by atoms with Crippen molar-refractivity contribution in [1.29, 1.82) is 5.26 Å². The number of thioether (sulfide) groups is 1. The number of nitrogens with one attached hydrogen (secondary N) is 1. The molecule has 0 unspecified atom stereocenters. The standard InChI is InChI=1S/C18H17N5OS/c1-25-18(20-12-19)21-14-7-8-16-15(11-14)22-17(23(16)9-10-24)13-5-3-2-4-6-13/h2-8,11,24H,9-10H2,1H3,(H,20,21). The number of imidazole rings is 1. The predicted octanol–water partition coefficient (Wildman–Crippen LogP) is 3.12. The van der Waals surface area contributed by atoms with E-state index in [0.29, 0.717) is 17.4 Å². The predicted molar refractivity (Wildman–Crippen MR) is 102 cm³/mol. The molecule has 25 heavy (non-hydrogen) atoms. The number of amidine groups is 1. The number of aliphatic imine (C=N–C) groups is 1. The molecule has 126 valence electrons. The lowest BCUT2D eigenvalue weighted by Crippen LogP contribution is -2.12. The van der Waals surface area contributed by atoms with Crippen molar-refractivity contribution in [3.63, 3.8) is 0 Å². The number of benzene rings is 2. The molecule has 0 saturated heterocycles. The lowest BCUT2D eigenvalue weighted by molar-refractivity contribution is 0.278. The number of nitriles is 1. The summed E-state index contributed by atoms with van der Waals surface area (Å²) in [4.78, 5) is 9.15. The SMILES string of the molecule is CSC(=Nc1ccc2c(c1)nc(-c1ccccc1)n2CCO)NC#N. The van der Waals surface area contributed by atoms with Crippen LogP contribution in [0.4, 0.5) is 5.69 Å². The van der Waals surface area contributed by atoms with Gasteiger partial charge in [0.25, 0.3) is 0 Å². The third kappa shape index (κ3) is 3.65. The average Bonchev–Trinajstić information content (AvgIpc) is 3.00. The fourth-order valence-corrected chi connectivity index (χ4v) is 2.96. The molecule has 0 saturated carbocycles. The van der Waals surface area contributed by atoms with Crippen molar-refractivity contribution in [2.75, 3.05) is 12.9 Å². The molecule has 0 radical (unpaired) electrons. The van der Waals surface area contributed by atoms with Gasteiger partial charge in [0.05, 0.1) is 23.3 Å². The molecule has 2 N–H and O–H groups in total. The molecular weight excluding hydrogens is 334 g/mol. The zero-order valence-corrected chi connectivity index (χ0v) is 14.5. The van der Waals surface area contributed by atoms with E-state index in [4.69, 9.17) is 10.2 Å². The van der Waals surface area contributed by atoms with Crippen LogP contribution in [0, 0.1) is 11.5 Å². The van der Waals surface area contributed by atoms with Crippen LogP contribution in [0.3, 0.4) is 0 Å². The summed E-state index contributed by atoms with van der Waals surface area (Å²) in [7, 11) is 0. The van der Waals surface area contributed by atoms with Crippen LogP contribution in [0.25, 0.3) is 22.4 Å². The number of aliphatic hydroxyl groups is 1. The molecule has 7 heteroatoms. The van der Waals surface area contributed by atoms with Crippen molar-refractivity contribution in [3.8, 4) is 17.6 Å². The number of hydrogen-bond acceptors (Lipinski definition) is 5. The number of hydrogen-bond donors (Lipinski definition) is 2. The summed E-state index contributed by atoms with van der Waals surface area (Å²) in [5.41, 5.74) is 3.44. The van der Waals surface area contributed by atoms with Crippen LogP contribution in [0.2, 0.25) is 0 Å². The Bertz CT molecular complexity index is 943. The van der Waals surface area contributed by atoms with Gasteiger partial charge >= 0.3 is 0 Å². The van der Waals surface area contributed by atoms with Crippen molar-refractivity contribution in [3.05, 3.63) is 48.5 Å². The summed E-state index contributed by atoms with van der Waals surface area (Å²) >= 11 is 1.37.